The average molecular weight is 395 g/mol. The number of piperazine rings is 1. The van der Waals surface area contributed by atoms with Crippen molar-refractivity contribution in [3.63, 3.8) is 0 Å². The fourth-order valence-electron chi connectivity index (χ4n) is 3.87. The zero-order valence-electron chi connectivity index (χ0n) is 18.0. The topological polar surface area (TPSA) is 53.9 Å². The molecular formula is C24H32N3O2+. The van der Waals surface area contributed by atoms with Crippen LogP contribution in [-0.2, 0) is 16.0 Å². The first kappa shape index (κ1) is 21.1. The van der Waals surface area contributed by atoms with Crippen molar-refractivity contribution in [1.82, 2.24) is 4.90 Å². The second-order valence-electron chi connectivity index (χ2n) is 8.22. The number of carbonyl (C=O) groups excluding carboxylic acids is 2. The fraction of sp³-hybridized carbons (Fsp3) is 0.417. The van der Waals surface area contributed by atoms with Gasteiger partial charge in [0.1, 0.15) is 0 Å². The summed E-state index contributed by atoms with van der Waals surface area (Å²) in [5.41, 5.74) is 6.61. The minimum atomic E-state index is 0.0345. The molecule has 5 heteroatoms. The van der Waals surface area contributed by atoms with E-state index in [1.165, 1.54) is 16.0 Å². The number of carbonyl (C=O) groups is 2. The number of aryl methyl sites for hydroxylation is 4. The van der Waals surface area contributed by atoms with Crippen LogP contribution < -0.4 is 10.2 Å². The Hall–Kier alpha value is -2.66. The zero-order chi connectivity index (χ0) is 21.0. The molecule has 0 aliphatic carbocycles. The molecule has 0 aromatic heterocycles. The lowest BCUT2D eigenvalue weighted by Crippen LogP contribution is -3.15. The minimum Gasteiger partial charge on any atom is -0.331 e. The van der Waals surface area contributed by atoms with Crippen molar-refractivity contribution in [1.29, 1.82) is 0 Å². The number of para-hydroxylation sites is 1. The molecule has 2 N–H and O–H groups in total. The molecule has 1 aliphatic rings. The van der Waals surface area contributed by atoms with Crippen LogP contribution in [0.25, 0.3) is 0 Å². The highest BCUT2D eigenvalue weighted by molar-refractivity contribution is 5.93. The summed E-state index contributed by atoms with van der Waals surface area (Å²) in [6.07, 6.45) is 0.448. The molecule has 1 aliphatic heterocycles. The second-order valence-corrected chi connectivity index (χ2v) is 8.22. The molecule has 0 spiro atoms. The molecule has 154 valence electrons. The first-order valence-corrected chi connectivity index (χ1v) is 10.4. The molecule has 0 atom stereocenters. The number of benzene rings is 2. The molecular weight excluding hydrogens is 362 g/mol. The predicted octanol–water partition coefficient (Wildman–Crippen LogP) is 1.83. The lowest BCUT2D eigenvalue weighted by Gasteiger charge is -2.32. The molecule has 0 radical (unpaired) electrons. The van der Waals surface area contributed by atoms with Gasteiger partial charge in [0.15, 0.2) is 6.54 Å². The summed E-state index contributed by atoms with van der Waals surface area (Å²) in [5, 5.41) is 3.06. The highest BCUT2D eigenvalue weighted by Gasteiger charge is 2.25. The van der Waals surface area contributed by atoms with E-state index in [1.54, 1.807) is 0 Å². The summed E-state index contributed by atoms with van der Waals surface area (Å²) in [7, 11) is 0. The van der Waals surface area contributed by atoms with E-state index < -0.39 is 0 Å². The van der Waals surface area contributed by atoms with Crippen molar-refractivity contribution in [3.05, 3.63) is 64.2 Å². The van der Waals surface area contributed by atoms with Gasteiger partial charge >= 0.3 is 0 Å². The van der Waals surface area contributed by atoms with Crippen LogP contribution in [0.3, 0.4) is 0 Å². The van der Waals surface area contributed by atoms with Crippen molar-refractivity contribution >= 4 is 17.5 Å². The average Bonchev–Trinajstić information content (AvgIpc) is 2.68. The molecule has 2 amide bonds. The molecule has 0 bridgehead atoms. The van der Waals surface area contributed by atoms with Gasteiger partial charge in [0.25, 0.3) is 5.91 Å². The third-order valence-corrected chi connectivity index (χ3v) is 5.91. The van der Waals surface area contributed by atoms with Crippen LogP contribution >= 0.6 is 0 Å². The van der Waals surface area contributed by atoms with Gasteiger partial charge in [0, 0.05) is 5.69 Å². The highest BCUT2D eigenvalue weighted by Crippen LogP contribution is 2.19. The van der Waals surface area contributed by atoms with Crippen LogP contribution in [-0.4, -0.2) is 49.4 Å². The van der Waals surface area contributed by atoms with Gasteiger partial charge in [0.05, 0.1) is 32.6 Å². The number of quaternary nitrogens is 1. The number of nitrogens with one attached hydrogen (secondary N) is 2. The van der Waals surface area contributed by atoms with Gasteiger partial charge in [-0.3, -0.25) is 9.59 Å². The van der Waals surface area contributed by atoms with E-state index in [-0.39, 0.29) is 11.8 Å². The SMILES string of the molecule is Cc1ccc(CC(=O)N2CC[NH+](CC(=O)Nc3c(C)cccc3C)CC2)cc1C. The summed E-state index contributed by atoms with van der Waals surface area (Å²) < 4.78 is 0. The van der Waals surface area contributed by atoms with Crippen molar-refractivity contribution in [2.24, 2.45) is 0 Å². The predicted molar refractivity (Wildman–Crippen MR) is 116 cm³/mol. The smallest absolute Gasteiger partial charge is 0.279 e. The molecule has 1 saturated heterocycles. The Labute approximate surface area is 173 Å². The van der Waals surface area contributed by atoms with Crippen LogP contribution in [0.1, 0.15) is 27.8 Å². The van der Waals surface area contributed by atoms with Crippen molar-refractivity contribution < 1.29 is 14.5 Å². The Kier molecular flexibility index (Phi) is 6.70. The van der Waals surface area contributed by atoms with Crippen molar-refractivity contribution in [2.45, 2.75) is 34.1 Å². The van der Waals surface area contributed by atoms with Gasteiger partial charge in [-0.15, -0.1) is 0 Å². The lowest BCUT2D eigenvalue weighted by molar-refractivity contribution is -0.895. The van der Waals surface area contributed by atoms with Gasteiger partial charge in [0.2, 0.25) is 5.91 Å². The Balaban J connectivity index is 1.48. The second kappa shape index (κ2) is 9.23. The van der Waals surface area contributed by atoms with Gasteiger partial charge in [-0.2, -0.15) is 0 Å². The summed E-state index contributed by atoms with van der Waals surface area (Å²) in [6.45, 7) is 11.6. The number of hydrogen-bond donors (Lipinski definition) is 2. The quantitative estimate of drug-likeness (QED) is 0.813. The number of hydrogen-bond acceptors (Lipinski definition) is 2. The Morgan fingerprint density at radius 3 is 2.21 bits per heavy atom. The fourth-order valence-corrected chi connectivity index (χ4v) is 3.87. The molecule has 0 unspecified atom stereocenters. The van der Waals surface area contributed by atoms with Gasteiger partial charge in [-0.25, -0.2) is 0 Å². The summed E-state index contributed by atoms with van der Waals surface area (Å²) in [6, 6.07) is 12.2. The van der Waals surface area contributed by atoms with E-state index >= 15 is 0 Å². The number of rotatable bonds is 5. The largest absolute Gasteiger partial charge is 0.331 e. The summed E-state index contributed by atoms with van der Waals surface area (Å²) in [4.78, 5) is 28.3. The molecule has 1 fully saturated rings. The number of amides is 2. The number of nitrogens with zero attached hydrogens (tertiary/aromatic N) is 1. The minimum absolute atomic E-state index is 0.0345. The maximum absolute atomic E-state index is 12.6. The van der Waals surface area contributed by atoms with E-state index in [0.29, 0.717) is 26.1 Å². The molecule has 2 aromatic rings. The number of anilines is 1. The first-order chi connectivity index (χ1) is 13.8. The van der Waals surface area contributed by atoms with Crippen LogP contribution in [0.2, 0.25) is 0 Å². The van der Waals surface area contributed by atoms with Crippen LogP contribution in [0.5, 0.6) is 0 Å². The molecule has 5 nitrogen and oxygen atoms in total. The van der Waals surface area contributed by atoms with Gasteiger partial charge in [-0.1, -0.05) is 36.4 Å². The van der Waals surface area contributed by atoms with E-state index in [4.69, 9.17) is 0 Å². The van der Waals surface area contributed by atoms with Crippen LogP contribution in [0, 0.1) is 27.7 Å². The highest BCUT2D eigenvalue weighted by atomic mass is 16.2. The van der Waals surface area contributed by atoms with E-state index in [1.807, 2.05) is 43.0 Å². The monoisotopic (exact) mass is 394 g/mol. The van der Waals surface area contributed by atoms with Crippen molar-refractivity contribution in [2.75, 3.05) is 38.0 Å². The van der Waals surface area contributed by atoms with Crippen LogP contribution in [0.15, 0.2) is 36.4 Å². The maximum atomic E-state index is 12.6. The van der Waals surface area contributed by atoms with Crippen LogP contribution in [0.4, 0.5) is 5.69 Å². The van der Waals surface area contributed by atoms with E-state index in [0.717, 1.165) is 35.5 Å². The Morgan fingerprint density at radius 1 is 0.931 bits per heavy atom. The Bertz CT molecular complexity index is 879. The Morgan fingerprint density at radius 2 is 1.59 bits per heavy atom. The van der Waals surface area contributed by atoms with Gasteiger partial charge < -0.3 is 15.1 Å². The summed E-state index contributed by atoms with van der Waals surface area (Å²) >= 11 is 0. The third kappa shape index (κ3) is 5.45. The standard InChI is InChI=1S/C24H31N3O2/c1-17-8-9-21(14-20(17)4)15-23(29)27-12-10-26(11-13-27)16-22(28)25-24-18(2)6-5-7-19(24)3/h5-9,14H,10-13,15-16H2,1-4H3,(H,25,28)/p+1. The molecule has 1 heterocycles. The molecule has 2 aromatic carbocycles. The molecule has 29 heavy (non-hydrogen) atoms. The van der Waals surface area contributed by atoms with E-state index in [9.17, 15) is 9.59 Å². The zero-order valence-corrected chi connectivity index (χ0v) is 18.0. The summed E-state index contributed by atoms with van der Waals surface area (Å²) in [5.74, 6) is 0.208. The van der Waals surface area contributed by atoms with Crippen molar-refractivity contribution in [3.8, 4) is 0 Å². The lowest BCUT2D eigenvalue weighted by atomic mass is 10.0. The van der Waals surface area contributed by atoms with E-state index in [2.05, 4.69) is 31.3 Å². The molecule has 3 rings (SSSR count). The maximum Gasteiger partial charge on any atom is 0.279 e. The molecule has 0 saturated carbocycles. The third-order valence-electron chi connectivity index (χ3n) is 5.91. The normalized spacial score (nSPS) is 14.7. The first-order valence-electron chi connectivity index (χ1n) is 10.4. The van der Waals surface area contributed by atoms with Gasteiger partial charge in [-0.05, 0) is 55.5 Å².